The number of benzene rings is 2. The summed E-state index contributed by atoms with van der Waals surface area (Å²) in [7, 11) is -3.77. The lowest BCUT2D eigenvalue weighted by Crippen LogP contribution is -2.29. The molecule has 10 heteroatoms. The van der Waals surface area contributed by atoms with Gasteiger partial charge in [-0.1, -0.05) is 18.6 Å². The molecule has 1 saturated heterocycles. The molecule has 0 bridgehead atoms. The van der Waals surface area contributed by atoms with Crippen LogP contribution in [0, 0.1) is 12.8 Å². The van der Waals surface area contributed by atoms with Crippen LogP contribution in [0.2, 0.25) is 0 Å². The van der Waals surface area contributed by atoms with Gasteiger partial charge in [-0.2, -0.15) is 9.40 Å². The number of ether oxygens (including phenoxy) is 1. The van der Waals surface area contributed by atoms with Crippen LogP contribution in [0.5, 0.6) is 5.75 Å². The molecule has 32 heavy (non-hydrogen) atoms. The van der Waals surface area contributed by atoms with E-state index in [1.54, 1.807) is 4.68 Å². The van der Waals surface area contributed by atoms with Crippen molar-refractivity contribution in [3.05, 3.63) is 53.7 Å². The summed E-state index contributed by atoms with van der Waals surface area (Å²) in [4.78, 5) is 11.4. The zero-order chi connectivity index (χ0) is 23.0. The van der Waals surface area contributed by atoms with E-state index in [0.717, 1.165) is 16.5 Å². The first-order valence-corrected chi connectivity index (χ1v) is 11.6. The average molecular weight is 462 g/mol. The zero-order valence-corrected chi connectivity index (χ0v) is 18.5. The molecule has 2 atom stereocenters. The molecule has 1 N–H and O–H groups in total. The van der Waals surface area contributed by atoms with Crippen LogP contribution >= 0.6 is 0 Å². The summed E-state index contributed by atoms with van der Waals surface area (Å²) >= 11 is 0. The Balaban J connectivity index is 1.66. The molecule has 1 aliphatic heterocycles. The molecule has 4 rings (SSSR count). The summed E-state index contributed by atoms with van der Waals surface area (Å²) in [5.74, 6) is -0.758. The van der Waals surface area contributed by atoms with E-state index in [4.69, 9.17) is 4.74 Å². The summed E-state index contributed by atoms with van der Waals surface area (Å²) in [6.07, 6.45) is -0.205. The van der Waals surface area contributed by atoms with Gasteiger partial charge in [0.25, 0.3) is 0 Å². The number of sulfonamides is 1. The first kappa shape index (κ1) is 22.2. The van der Waals surface area contributed by atoms with Crippen LogP contribution < -0.4 is 4.74 Å². The number of aromatic nitrogens is 2. The van der Waals surface area contributed by atoms with Gasteiger partial charge in [-0.3, -0.25) is 9.48 Å². The van der Waals surface area contributed by atoms with E-state index in [0.29, 0.717) is 12.2 Å². The predicted octanol–water partition coefficient (Wildman–Crippen LogP) is 3.16. The van der Waals surface area contributed by atoms with Crippen LogP contribution in [-0.4, -0.2) is 53.5 Å². The maximum atomic E-state index is 13.2. The Morgan fingerprint density at radius 1 is 1.22 bits per heavy atom. The number of aliphatic carboxylic acids is 1. The second-order valence-corrected chi connectivity index (χ2v) is 10.0. The molecule has 0 unspecified atom stereocenters. The molecule has 8 nitrogen and oxygen atoms in total. The Morgan fingerprint density at radius 3 is 2.59 bits per heavy atom. The normalized spacial score (nSPS) is 19.5. The molecular formula is C22H24FN3O5S. The predicted molar refractivity (Wildman–Crippen MR) is 116 cm³/mol. The number of rotatable bonds is 7. The van der Waals surface area contributed by atoms with Gasteiger partial charge in [0, 0.05) is 18.5 Å². The van der Waals surface area contributed by atoms with Gasteiger partial charge in [-0.15, -0.1) is 0 Å². The summed E-state index contributed by atoms with van der Waals surface area (Å²) in [6, 6.07) is 11.1. The Bertz CT molecular complexity index is 1260. The van der Waals surface area contributed by atoms with Gasteiger partial charge in [-0.25, -0.2) is 12.8 Å². The number of halogens is 1. The van der Waals surface area contributed by atoms with Crippen molar-refractivity contribution < 1.29 is 27.4 Å². The lowest BCUT2D eigenvalue weighted by Gasteiger charge is -2.18. The van der Waals surface area contributed by atoms with Gasteiger partial charge < -0.3 is 9.84 Å². The highest BCUT2D eigenvalue weighted by Crippen LogP contribution is 2.35. The van der Waals surface area contributed by atoms with Gasteiger partial charge in [-0.05, 0) is 49.2 Å². The first-order valence-electron chi connectivity index (χ1n) is 10.2. The number of hydrogen-bond donors (Lipinski definition) is 1. The largest absolute Gasteiger partial charge is 0.481 e. The minimum Gasteiger partial charge on any atom is -0.481 e. The fourth-order valence-electron chi connectivity index (χ4n) is 4.19. The van der Waals surface area contributed by atoms with E-state index in [1.807, 2.05) is 32.0 Å². The number of hydrogen-bond acceptors (Lipinski definition) is 5. The van der Waals surface area contributed by atoms with E-state index in [9.17, 15) is 22.7 Å². The van der Waals surface area contributed by atoms with Crippen molar-refractivity contribution in [1.29, 1.82) is 0 Å². The van der Waals surface area contributed by atoms with Crippen molar-refractivity contribution in [3.63, 3.8) is 0 Å². The van der Waals surface area contributed by atoms with Crippen LogP contribution in [0.1, 0.15) is 24.2 Å². The van der Waals surface area contributed by atoms with Crippen LogP contribution in [0.25, 0.3) is 10.9 Å². The van der Waals surface area contributed by atoms with Crippen LogP contribution in [0.4, 0.5) is 4.39 Å². The maximum Gasteiger partial charge on any atom is 0.309 e. The molecule has 0 saturated carbocycles. The third-order valence-electron chi connectivity index (χ3n) is 5.79. The quantitative estimate of drug-likeness (QED) is 0.580. The first-order chi connectivity index (χ1) is 15.2. The molecule has 2 heterocycles. The highest BCUT2D eigenvalue weighted by molar-refractivity contribution is 7.89. The summed E-state index contributed by atoms with van der Waals surface area (Å²) in [6.45, 7) is 3.41. The minimum absolute atomic E-state index is 0.0407. The number of aryl methyl sites for hydroxylation is 1. The molecule has 0 amide bonds. The van der Waals surface area contributed by atoms with E-state index >= 15 is 0 Å². The maximum absolute atomic E-state index is 13.2. The minimum atomic E-state index is -3.77. The second-order valence-electron chi connectivity index (χ2n) is 8.07. The number of carbonyl (C=O) groups is 1. The van der Waals surface area contributed by atoms with E-state index in [1.165, 1.54) is 28.6 Å². The van der Waals surface area contributed by atoms with E-state index < -0.39 is 22.9 Å². The Kier molecular flexibility index (Phi) is 5.91. The molecule has 0 radical (unpaired) electrons. The molecule has 3 aromatic rings. The SMILES string of the molecule is Cc1ccc2c(c1)c(CC(=O)O)nn2[C@H]1CN(S(=O)(=O)c2ccc(OCF)cc2)C[C@H]1C. The summed E-state index contributed by atoms with van der Waals surface area (Å²) in [5, 5.41) is 14.6. The number of carboxylic acids is 1. The Hall–Kier alpha value is -2.98. The molecule has 0 spiro atoms. The fraction of sp³-hybridized carbons (Fsp3) is 0.364. The second kappa shape index (κ2) is 8.51. The molecule has 2 aromatic carbocycles. The average Bonchev–Trinajstić information content (AvgIpc) is 3.29. The van der Waals surface area contributed by atoms with Crippen molar-refractivity contribution in [2.75, 3.05) is 20.0 Å². The number of carboxylic acid groups (broad SMARTS) is 1. The van der Waals surface area contributed by atoms with Crippen LogP contribution in [0.3, 0.4) is 0 Å². The van der Waals surface area contributed by atoms with Gasteiger partial charge in [0.2, 0.25) is 16.9 Å². The number of alkyl halides is 1. The smallest absolute Gasteiger partial charge is 0.309 e. The third kappa shape index (κ3) is 4.07. The standard InChI is InChI=1S/C22H24FN3O5S/c1-14-3-8-20-18(9-14)19(10-22(27)28)24-26(20)21-12-25(11-15(21)2)32(29,30)17-6-4-16(5-7-17)31-13-23/h3-9,15,21H,10-13H2,1-2H3,(H,27,28)/t15-,21+/m1/s1. The zero-order valence-electron chi connectivity index (χ0n) is 17.7. The van der Waals surface area contributed by atoms with Crippen molar-refractivity contribution in [1.82, 2.24) is 14.1 Å². The molecule has 1 aliphatic rings. The summed E-state index contributed by atoms with van der Waals surface area (Å²) < 4.78 is 46.6. The van der Waals surface area contributed by atoms with Crippen molar-refractivity contribution >= 4 is 26.9 Å². The number of nitrogens with zero attached hydrogens (tertiary/aromatic N) is 3. The highest BCUT2D eigenvalue weighted by Gasteiger charge is 2.39. The van der Waals surface area contributed by atoms with E-state index in [2.05, 4.69) is 5.10 Å². The lowest BCUT2D eigenvalue weighted by molar-refractivity contribution is -0.136. The van der Waals surface area contributed by atoms with Crippen LogP contribution in [0.15, 0.2) is 47.4 Å². The Labute approximate surface area is 185 Å². The Morgan fingerprint density at radius 2 is 1.94 bits per heavy atom. The fourth-order valence-corrected chi connectivity index (χ4v) is 5.74. The molecule has 1 fully saturated rings. The topological polar surface area (TPSA) is 102 Å². The van der Waals surface area contributed by atoms with Gasteiger partial charge in [0.15, 0.2) is 0 Å². The molecular weight excluding hydrogens is 437 g/mol. The monoisotopic (exact) mass is 461 g/mol. The summed E-state index contributed by atoms with van der Waals surface area (Å²) in [5.41, 5.74) is 2.25. The lowest BCUT2D eigenvalue weighted by atomic mass is 10.1. The van der Waals surface area contributed by atoms with Gasteiger partial charge in [0.1, 0.15) is 5.75 Å². The van der Waals surface area contributed by atoms with Gasteiger partial charge >= 0.3 is 5.97 Å². The van der Waals surface area contributed by atoms with Crippen molar-refractivity contribution in [2.24, 2.45) is 5.92 Å². The van der Waals surface area contributed by atoms with Crippen LogP contribution in [-0.2, 0) is 21.2 Å². The van der Waals surface area contributed by atoms with Gasteiger partial charge in [0.05, 0.1) is 28.6 Å². The molecule has 0 aliphatic carbocycles. The molecule has 170 valence electrons. The van der Waals surface area contributed by atoms with Crippen molar-refractivity contribution in [3.8, 4) is 5.75 Å². The number of fused-ring (bicyclic) bond motifs is 1. The van der Waals surface area contributed by atoms with Crippen molar-refractivity contribution in [2.45, 2.75) is 31.2 Å². The molecule has 1 aromatic heterocycles. The van der Waals surface area contributed by atoms with E-state index in [-0.39, 0.29) is 35.6 Å². The third-order valence-corrected chi connectivity index (χ3v) is 7.64. The highest BCUT2D eigenvalue weighted by atomic mass is 32.2.